The number of hydrogen-bond donors (Lipinski definition) is 1. The van der Waals surface area contributed by atoms with E-state index in [0.29, 0.717) is 6.54 Å². The summed E-state index contributed by atoms with van der Waals surface area (Å²) in [4.78, 5) is 14.3. The molecule has 0 bridgehead atoms. The molecule has 0 spiro atoms. The Bertz CT molecular complexity index is 783. The minimum atomic E-state index is -0.392. The molecule has 116 valence electrons. The van der Waals surface area contributed by atoms with Gasteiger partial charge in [-0.05, 0) is 23.3 Å². The maximum Gasteiger partial charge on any atom is 0.269 e. The summed E-state index contributed by atoms with van der Waals surface area (Å²) < 4.78 is 2.01. The fourth-order valence-electron chi connectivity index (χ4n) is 2.31. The van der Waals surface area contributed by atoms with Crippen LogP contribution in [-0.4, -0.2) is 14.5 Å². The van der Waals surface area contributed by atoms with E-state index in [4.69, 9.17) is 0 Å². The molecule has 0 aliphatic carbocycles. The highest BCUT2D eigenvalue weighted by molar-refractivity contribution is 5.46. The number of nitro groups is 1. The fourth-order valence-corrected chi connectivity index (χ4v) is 2.31. The molecule has 1 N–H and O–H groups in total. The Morgan fingerprint density at radius 3 is 2.65 bits per heavy atom. The Hall–Kier alpha value is -3.15. The van der Waals surface area contributed by atoms with Gasteiger partial charge in [0.25, 0.3) is 5.69 Å². The predicted octanol–water partition coefficient (Wildman–Crippen LogP) is 3.45. The summed E-state index contributed by atoms with van der Waals surface area (Å²) >= 11 is 0. The van der Waals surface area contributed by atoms with Crippen molar-refractivity contribution in [3.8, 4) is 0 Å². The molecule has 0 saturated carbocycles. The first-order valence-corrected chi connectivity index (χ1v) is 7.22. The number of anilines is 1. The molecule has 1 heterocycles. The van der Waals surface area contributed by atoms with E-state index in [9.17, 15) is 10.1 Å². The van der Waals surface area contributed by atoms with Crippen molar-refractivity contribution < 1.29 is 4.92 Å². The van der Waals surface area contributed by atoms with Gasteiger partial charge in [-0.25, -0.2) is 4.98 Å². The van der Waals surface area contributed by atoms with Crippen LogP contribution in [0.5, 0.6) is 0 Å². The van der Waals surface area contributed by atoms with Crippen molar-refractivity contribution in [1.82, 2.24) is 9.55 Å². The highest BCUT2D eigenvalue weighted by atomic mass is 16.6. The maximum atomic E-state index is 10.6. The highest BCUT2D eigenvalue weighted by Crippen LogP contribution is 2.15. The average molecular weight is 308 g/mol. The molecule has 23 heavy (non-hydrogen) atoms. The summed E-state index contributed by atoms with van der Waals surface area (Å²) in [6.45, 7) is 1.39. The zero-order valence-electron chi connectivity index (χ0n) is 12.4. The topological polar surface area (TPSA) is 73.0 Å². The van der Waals surface area contributed by atoms with E-state index in [1.807, 2.05) is 22.9 Å². The number of benzene rings is 2. The SMILES string of the molecule is O=[N+]([O-])c1ccc(CNc2cccc(Cn3ccnc3)c2)cc1. The normalized spacial score (nSPS) is 10.4. The summed E-state index contributed by atoms with van der Waals surface area (Å²) in [6, 6.07) is 14.7. The molecule has 0 amide bonds. The van der Waals surface area contributed by atoms with Gasteiger partial charge in [0.2, 0.25) is 0 Å². The van der Waals surface area contributed by atoms with Crippen LogP contribution in [0.25, 0.3) is 0 Å². The van der Waals surface area contributed by atoms with Crippen molar-refractivity contribution >= 4 is 11.4 Å². The molecule has 0 aliphatic rings. The van der Waals surface area contributed by atoms with E-state index in [0.717, 1.165) is 17.8 Å². The number of nitrogens with one attached hydrogen (secondary N) is 1. The molecule has 2 aromatic carbocycles. The number of non-ortho nitro benzene ring substituents is 1. The van der Waals surface area contributed by atoms with Crippen LogP contribution >= 0.6 is 0 Å². The van der Waals surface area contributed by atoms with Crippen molar-refractivity contribution in [2.45, 2.75) is 13.1 Å². The van der Waals surface area contributed by atoms with Crippen LogP contribution in [0.15, 0.2) is 67.3 Å². The lowest BCUT2D eigenvalue weighted by molar-refractivity contribution is -0.384. The first-order chi connectivity index (χ1) is 11.2. The van der Waals surface area contributed by atoms with E-state index in [1.54, 1.807) is 24.7 Å². The molecule has 0 atom stereocenters. The summed E-state index contributed by atoms with van der Waals surface area (Å²) in [6.07, 6.45) is 5.48. The monoisotopic (exact) mass is 308 g/mol. The van der Waals surface area contributed by atoms with E-state index in [-0.39, 0.29) is 5.69 Å². The molecular formula is C17H16N4O2. The molecule has 3 rings (SSSR count). The van der Waals surface area contributed by atoms with Gasteiger partial charge in [0, 0.05) is 43.3 Å². The van der Waals surface area contributed by atoms with Crippen molar-refractivity contribution in [1.29, 1.82) is 0 Å². The molecule has 3 aromatic rings. The Kier molecular flexibility index (Phi) is 4.33. The van der Waals surface area contributed by atoms with Gasteiger partial charge in [0.05, 0.1) is 11.3 Å². The molecule has 0 aliphatic heterocycles. The summed E-state index contributed by atoms with van der Waals surface area (Å²) in [5, 5.41) is 14.0. The van der Waals surface area contributed by atoms with Crippen LogP contribution in [0.1, 0.15) is 11.1 Å². The number of aromatic nitrogens is 2. The lowest BCUT2D eigenvalue weighted by atomic mass is 10.1. The van der Waals surface area contributed by atoms with Gasteiger partial charge in [-0.15, -0.1) is 0 Å². The quantitative estimate of drug-likeness (QED) is 0.559. The lowest BCUT2D eigenvalue weighted by Crippen LogP contribution is -2.01. The van der Waals surface area contributed by atoms with Crippen molar-refractivity contribution in [3.63, 3.8) is 0 Å². The van der Waals surface area contributed by atoms with Crippen molar-refractivity contribution in [2.75, 3.05) is 5.32 Å². The Morgan fingerprint density at radius 2 is 1.96 bits per heavy atom. The second-order valence-corrected chi connectivity index (χ2v) is 5.21. The van der Waals surface area contributed by atoms with E-state index in [2.05, 4.69) is 22.4 Å². The molecule has 6 nitrogen and oxygen atoms in total. The third kappa shape index (κ3) is 3.94. The summed E-state index contributed by atoms with van der Waals surface area (Å²) in [7, 11) is 0. The molecule has 0 saturated heterocycles. The molecular weight excluding hydrogens is 292 g/mol. The second-order valence-electron chi connectivity index (χ2n) is 5.21. The zero-order chi connectivity index (χ0) is 16.1. The smallest absolute Gasteiger partial charge is 0.269 e. The molecule has 1 aromatic heterocycles. The molecule has 0 unspecified atom stereocenters. The number of nitro benzene ring substituents is 1. The van der Waals surface area contributed by atoms with Gasteiger partial charge in [-0.1, -0.05) is 24.3 Å². The number of imidazole rings is 1. The van der Waals surface area contributed by atoms with Gasteiger partial charge in [0.15, 0.2) is 0 Å². The maximum absolute atomic E-state index is 10.6. The van der Waals surface area contributed by atoms with Gasteiger partial charge in [0.1, 0.15) is 0 Å². The predicted molar refractivity (Wildman–Crippen MR) is 88.2 cm³/mol. The Balaban J connectivity index is 1.62. The van der Waals surface area contributed by atoms with Crippen LogP contribution in [0.2, 0.25) is 0 Å². The average Bonchev–Trinajstić information content (AvgIpc) is 3.07. The standard InChI is InChI=1S/C17H16N4O2/c22-21(23)17-6-4-14(5-7-17)11-19-16-3-1-2-15(10-16)12-20-9-8-18-13-20/h1-10,13,19H,11-12H2. The summed E-state index contributed by atoms with van der Waals surface area (Å²) in [5.74, 6) is 0. The highest BCUT2D eigenvalue weighted by Gasteiger charge is 2.04. The van der Waals surface area contributed by atoms with Gasteiger partial charge in [-0.3, -0.25) is 10.1 Å². The van der Waals surface area contributed by atoms with E-state index >= 15 is 0 Å². The van der Waals surface area contributed by atoms with Crippen molar-refractivity contribution in [2.24, 2.45) is 0 Å². The number of nitrogens with zero attached hydrogens (tertiary/aromatic N) is 3. The Labute approximate surface area is 133 Å². The molecule has 0 fully saturated rings. The third-order valence-electron chi connectivity index (χ3n) is 3.50. The van der Waals surface area contributed by atoms with Crippen LogP contribution in [0, 0.1) is 10.1 Å². The van der Waals surface area contributed by atoms with E-state index < -0.39 is 4.92 Å². The van der Waals surface area contributed by atoms with Gasteiger partial charge < -0.3 is 9.88 Å². The minimum Gasteiger partial charge on any atom is -0.381 e. The summed E-state index contributed by atoms with van der Waals surface area (Å²) in [5.41, 5.74) is 3.30. The van der Waals surface area contributed by atoms with Crippen LogP contribution in [-0.2, 0) is 13.1 Å². The van der Waals surface area contributed by atoms with Crippen LogP contribution < -0.4 is 5.32 Å². The number of rotatable bonds is 6. The molecule has 6 heteroatoms. The van der Waals surface area contributed by atoms with Gasteiger partial charge >= 0.3 is 0 Å². The number of hydrogen-bond acceptors (Lipinski definition) is 4. The first-order valence-electron chi connectivity index (χ1n) is 7.22. The van der Waals surface area contributed by atoms with Crippen molar-refractivity contribution in [3.05, 3.63) is 88.5 Å². The second kappa shape index (κ2) is 6.74. The van der Waals surface area contributed by atoms with Crippen LogP contribution in [0.4, 0.5) is 11.4 Å². The van der Waals surface area contributed by atoms with Crippen LogP contribution in [0.3, 0.4) is 0 Å². The largest absolute Gasteiger partial charge is 0.381 e. The van der Waals surface area contributed by atoms with E-state index in [1.165, 1.54) is 17.7 Å². The third-order valence-corrected chi connectivity index (χ3v) is 3.50. The zero-order valence-corrected chi connectivity index (χ0v) is 12.4. The van der Waals surface area contributed by atoms with Gasteiger partial charge in [-0.2, -0.15) is 0 Å². The fraction of sp³-hybridized carbons (Fsp3) is 0.118. The lowest BCUT2D eigenvalue weighted by Gasteiger charge is -2.09. The minimum absolute atomic E-state index is 0.107. The Morgan fingerprint density at radius 1 is 1.13 bits per heavy atom. The molecule has 0 radical (unpaired) electrons. The first kappa shape index (κ1) is 14.8.